The van der Waals surface area contributed by atoms with Gasteiger partial charge >= 0.3 is 6.03 Å². The lowest BCUT2D eigenvalue weighted by molar-refractivity contribution is 0.251. The number of carbonyl (C=O) groups is 1. The van der Waals surface area contributed by atoms with Gasteiger partial charge in [0.25, 0.3) is 0 Å². The van der Waals surface area contributed by atoms with Crippen LogP contribution in [0.15, 0.2) is 73.3 Å². The maximum atomic E-state index is 12.0. The van der Waals surface area contributed by atoms with Crippen molar-refractivity contribution in [3.05, 3.63) is 73.3 Å². The number of hydrogen-bond acceptors (Lipinski definition) is 3. The molecule has 0 radical (unpaired) electrons. The first-order chi connectivity index (χ1) is 13.8. The van der Waals surface area contributed by atoms with Crippen LogP contribution in [-0.2, 0) is 0 Å². The van der Waals surface area contributed by atoms with Crippen molar-refractivity contribution in [2.45, 2.75) is 18.9 Å². The molecule has 3 aromatic heterocycles. The van der Waals surface area contributed by atoms with Crippen LogP contribution in [0.5, 0.6) is 0 Å². The van der Waals surface area contributed by atoms with Crippen LogP contribution in [-0.4, -0.2) is 26.6 Å². The maximum Gasteiger partial charge on any atom is 0.320 e. The molecule has 0 spiro atoms. The quantitative estimate of drug-likeness (QED) is 0.561. The zero-order valence-corrected chi connectivity index (χ0v) is 15.2. The molecule has 0 unspecified atom stereocenters. The van der Waals surface area contributed by atoms with Gasteiger partial charge in [-0.25, -0.2) is 9.78 Å². The molecular weight excluding hydrogens is 350 g/mol. The highest BCUT2D eigenvalue weighted by molar-refractivity contribution is 5.97. The summed E-state index contributed by atoms with van der Waals surface area (Å²) in [4.78, 5) is 20.6. The highest BCUT2D eigenvalue weighted by Crippen LogP contribution is 2.32. The summed E-state index contributed by atoms with van der Waals surface area (Å²) in [6.45, 7) is 0. The van der Waals surface area contributed by atoms with Gasteiger partial charge in [0.05, 0.1) is 11.7 Å². The molecule has 6 nitrogen and oxygen atoms in total. The molecule has 4 aromatic rings. The van der Waals surface area contributed by atoms with Crippen LogP contribution < -0.4 is 10.6 Å². The number of carbonyl (C=O) groups excluding carboxylic acids is 1. The summed E-state index contributed by atoms with van der Waals surface area (Å²) in [6, 6.07) is 16.1. The summed E-state index contributed by atoms with van der Waals surface area (Å²) in [5.74, 6) is 0.533. The van der Waals surface area contributed by atoms with Gasteiger partial charge in [-0.2, -0.15) is 0 Å². The van der Waals surface area contributed by atoms with Crippen molar-refractivity contribution >= 4 is 22.8 Å². The summed E-state index contributed by atoms with van der Waals surface area (Å²) in [5, 5.41) is 6.84. The number of amides is 2. The van der Waals surface area contributed by atoms with Crippen LogP contribution in [0.25, 0.3) is 27.7 Å². The molecule has 1 fully saturated rings. The summed E-state index contributed by atoms with van der Waals surface area (Å²) in [6.07, 6.45) is 9.59. The van der Waals surface area contributed by atoms with E-state index in [2.05, 4.69) is 43.5 Å². The van der Waals surface area contributed by atoms with Crippen LogP contribution in [0.1, 0.15) is 12.8 Å². The topological polar surface area (TPSA) is 71.8 Å². The predicted molar refractivity (Wildman–Crippen MR) is 109 cm³/mol. The Balaban J connectivity index is 1.54. The molecule has 2 amide bonds. The van der Waals surface area contributed by atoms with Crippen LogP contribution in [0.3, 0.4) is 0 Å². The Morgan fingerprint density at radius 3 is 2.75 bits per heavy atom. The second kappa shape index (κ2) is 6.81. The first kappa shape index (κ1) is 16.5. The van der Waals surface area contributed by atoms with Crippen molar-refractivity contribution in [3.63, 3.8) is 0 Å². The van der Waals surface area contributed by atoms with E-state index in [1.165, 1.54) is 0 Å². The van der Waals surface area contributed by atoms with Gasteiger partial charge < -0.3 is 9.88 Å². The number of urea groups is 1. The van der Waals surface area contributed by atoms with Crippen LogP contribution >= 0.6 is 0 Å². The van der Waals surface area contributed by atoms with E-state index in [4.69, 9.17) is 0 Å². The zero-order valence-electron chi connectivity index (χ0n) is 15.2. The molecule has 3 heterocycles. The summed E-state index contributed by atoms with van der Waals surface area (Å²) in [5.41, 5.74) is 4.15. The van der Waals surface area contributed by atoms with Gasteiger partial charge in [0, 0.05) is 41.3 Å². The monoisotopic (exact) mass is 369 g/mol. The van der Waals surface area contributed by atoms with Gasteiger partial charge in [0.2, 0.25) is 0 Å². The van der Waals surface area contributed by atoms with E-state index < -0.39 is 0 Å². The van der Waals surface area contributed by atoms with E-state index in [-0.39, 0.29) is 6.03 Å². The van der Waals surface area contributed by atoms with Gasteiger partial charge in [-0.3, -0.25) is 10.3 Å². The number of para-hydroxylation sites is 1. The molecule has 0 saturated heterocycles. The molecule has 0 atom stereocenters. The van der Waals surface area contributed by atoms with Crippen molar-refractivity contribution in [1.29, 1.82) is 0 Å². The molecule has 1 aromatic carbocycles. The third-order valence-electron chi connectivity index (χ3n) is 4.87. The van der Waals surface area contributed by atoms with Gasteiger partial charge in [-0.05, 0) is 48.7 Å². The molecule has 1 aliphatic rings. The van der Waals surface area contributed by atoms with Gasteiger partial charge in [0.15, 0.2) is 0 Å². The maximum absolute atomic E-state index is 12.0. The number of nitrogens with one attached hydrogen (secondary N) is 2. The summed E-state index contributed by atoms with van der Waals surface area (Å²) >= 11 is 0. The molecule has 6 heteroatoms. The van der Waals surface area contributed by atoms with E-state index in [9.17, 15) is 4.79 Å². The van der Waals surface area contributed by atoms with E-state index in [1.54, 1.807) is 12.4 Å². The molecule has 138 valence electrons. The van der Waals surface area contributed by atoms with Crippen molar-refractivity contribution in [2.24, 2.45) is 0 Å². The Bertz CT molecular complexity index is 1150. The Labute approximate surface area is 162 Å². The van der Waals surface area contributed by atoms with Crippen LogP contribution in [0.2, 0.25) is 0 Å². The number of anilines is 1. The first-order valence-corrected chi connectivity index (χ1v) is 9.32. The van der Waals surface area contributed by atoms with E-state index >= 15 is 0 Å². The SMILES string of the molecule is O=C(Nc1cc(-c2cn(-c3ccccc3)c3cnccc23)ccn1)NC1CC1. The van der Waals surface area contributed by atoms with Gasteiger partial charge in [0.1, 0.15) is 5.82 Å². The van der Waals surface area contributed by atoms with E-state index in [0.717, 1.165) is 40.6 Å². The van der Waals surface area contributed by atoms with Crippen molar-refractivity contribution in [3.8, 4) is 16.8 Å². The zero-order chi connectivity index (χ0) is 18.9. The normalized spacial score (nSPS) is 13.4. The predicted octanol–water partition coefficient (Wildman–Crippen LogP) is 4.37. The molecule has 28 heavy (non-hydrogen) atoms. The lowest BCUT2D eigenvalue weighted by atomic mass is 10.1. The minimum atomic E-state index is -0.205. The Morgan fingerprint density at radius 1 is 1.07 bits per heavy atom. The molecule has 5 rings (SSSR count). The van der Waals surface area contributed by atoms with Crippen molar-refractivity contribution in [2.75, 3.05) is 5.32 Å². The largest absolute Gasteiger partial charge is 0.335 e. The second-order valence-corrected chi connectivity index (χ2v) is 6.94. The number of nitrogens with zero attached hydrogens (tertiary/aromatic N) is 3. The fraction of sp³-hybridized carbons (Fsp3) is 0.136. The van der Waals surface area contributed by atoms with E-state index in [0.29, 0.717) is 11.9 Å². The number of fused-ring (bicyclic) bond motifs is 1. The third kappa shape index (κ3) is 3.20. The Morgan fingerprint density at radius 2 is 1.93 bits per heavy atom. The summed E-state index contributed by atoms with van der Waals surface area (Å²) < 4.78 is 2.13. The number of rotatable bonds is 4. The number of benzene rings is 1. The number of aromatic nitrogens is 3. The third-order valence-corrected chi connectivity index (χ3v) is 4.87. The van der Waals surface area contributed by atoms with Gasteiger partial charge in [-0.1, -0.05) is 18.2 Å². The van der Waals surface area contributed by atoms with Crippen LogP contribution in [0.4, 0.5) is 10.6 Å². The minimum absolute atomic E-state index is 0.205. The molecule has 0 aliphatic heterocycles. The molecular formula is C22H19N5O. The lowest BCUT2D eigenvalue weighted by Gasteiger charge is -2.07. The lowest BCUT2D eigenvalue weighted by Crippen LogP contribution is -2.30. The standard InChI is InChI=1S/C22H19N5O/c28-22(25-16-6-7-16)26-21-12-15(8-11-24-21)19-14-27(17-4-2-1-3-5-17)20-13-23-10-9-18(19)20/h1-5,8-14,16H,6-7H2,(H2,24,25,26,28). The number of pyridine rings is 2. The molecule has 2 N–H and O–H groups in total. The highest BCUT2D eigenvalue weighted by Gasteiger charge is 2.23. The average Bonchev–Trinajstić information content (AvgIpc) is 3.45. The van der Waals surface area contributed by atoms with Crippen molar-refractivity contribution in [1.82, 2.24) is 19.9 Å². The van der Waals surface area contributed by atoms with Crippen molar-refractivity contribution < 1.29 is 4.79 Å². The van der Waals surface area contributed by atoms with E-state index in [1.807, 2.05) is 42.6 Å². The fourth-order valence-corrected chi connectivity index (χ4v) is 3.34. The van der Waals surface area contributed by atoms with Crippen LogP contribution in [0, 0.1) is 0 Å². The molecule has 0 bridgehead atoms. The smallest absolute Gasteiger partial charge is 0.320 e. The fourth-order valence-electron chi connectivity index (χ4n) is 3.34. The number of hydrogen-bond donors (Lipinski definition) is 2. The minimum Gasteiger partial charge on any atom is -0.335 e. The highest BCUT2D eigenvalue weighted by atomic mass is 16.2. The second-order valence-electron chi connectivity index (χ2n) is 6.94. The van der Waals surface area contributed by atoms with Gasteiger partial charge in [-0.15, -0.1) is 0 Å². The summed E-state index contributed by atoms with van der Waals surface area (Å²) in [7, 11) is 0. The Kier molecular flexibility index (Phi) is 4.01. The Hall–Kier alpha value is -3.67. The average molecular weight is 369 g/mol. The molecule has 1 aliphatic carbocycles. The molecule has 1 saturated carbocycles. The first-order valence-electron chi connectivity index (χ1n) is 9.32.